The molecule has 1 N–H and O–H groups in total. The first-order valence-corrected chi connectivity index (χ1v) is 9.32. The summed E-state index contributed by atoms with van der Waals surface area (Å²) in [4.78, 5) is 10.7. The highest BCUT2D eigenvalue weighted by Gasteiger charge is 2.56. The molecule has 0 aromatic heterocycles. The maximum Gasteiger partial charge on any atom is 0.303 e. The van der Waals surface area contributed by atoms with E-state index >= 15 is 0 Å². The summed E-state index contributed by atoms with van der Waals surface area (Å²) >= 11 is 0. The van der Waals surface area contributed by atoms with Gasteiger partial charge in [0.15, 0.2) is 0 Å². The predicted molar refractivity (Wildman–Crippen MR) is 83.6 cm³/mol. The molecular formula is C16H20N2O4S. The molecule has 1 spiro atoms. The van der Waals surface area contributed by atoms with E-state index in [1.165, 1.54) is 4.31 Å². The van der Waals surface area contributed by atoms with Gasteiger partial charge in [0, 0.05) is 32.6 Å². The number of fused-ring (bicyclic) bond motifs is 1. The molecule has 4 rings (SSSR count). The minimum atomic E-state index is -3.41. The molecule has 3 aliphatic rings. The van der Waals surface area contributed by atoms with Crippen LogP contribution in [-0.2, 0) is 28.1 Å². The van der Waals surface area contributed by atoms with E-state index in [2.05, 4.69) is 0 Å². The monoisotopic (exact) mass is 336 g/mol. The van der Waals surface area contributed by atoms with Gasteiger partial charge in [-0.15, -0.1) is 0 Å². The SMILES string of the molecule is O=C(O)CC1CC2(C1)CN(S(=O)(=O)N1Cc3ccccc3C1)C2. The second-order valence-corrected chi connectivity index (χ2v) is 9.11. The molecule has 1 aromatic carbocycles. The third kappa shape index (κ3) is 2.47. The van der Waals surface area contributed by atoms with Crippen LogP contribution in [0.2, 0.25) is 0 Å². The molecular weight excluding hydrogens is 316 g/mol. The van der Waals surface area contributed by atoms with Crippen LogP contribution in [0, 0.1) is 11.3 Å². The van der Waals surface area contributed by atoms with Crippen LogP contribution in [0.3, 0.4) is 0 Å². The van der Waals surface area contributed by atoms with Gasteiger partial charge in [0.2, 0.25) is 0 Å². The van der Waals surface area contributed by atoms with E-state index in [1.807, 2.05) is 24.3 Å². The Morgan fingerprint density at radius 3 is 2.22 bits per heavy atom. The molecule has 0 bridgehead atoms. The number of carbonyl (C=O) groups is 1. The summed E-state index contributed by atoms with van der Waals surface area (Å²) < 4.78 is 28.5. The van der Waals surface area contributed by atoms with E-state index in [9.17, 15) is 13.2 Å². The number of benzene rings is 1. The Morgan fingerprint density at radius 2 is 1.70 bits per heavy atom. The highest BCUT2D eigenvalue weighted by molar-refractivity contribution is 7.86. The van der Waals surface area contributed by atoms with Crippen molar-refractivity contribution in [2.24, 2.45) is 11.3 Å². The zero-order chi connectivity index (χ0) is 16.2. The third-order valence-electron chi connectivity index (χ3n) is 5.39. The lowest BCUT2D eigenvalue weighted by Crippen LogP contribution is -2.65. The average Bonchev–Trinajstić information content (AvgIpc) is 2.83. The number of rotatable bonds is 4. The van der Waals surface area contributed by atoms with Crippen LogP contribution in [0.4, 0.5) is 0 Å². The van der Waals surface area contributed by atoms with Gasteiger partial charge in [0.25, 0.3) is 10.2 Å². The second-order valence-electron chi connectivity index (χ2n) is 7.18. The van der Waals surface area contributed by atoms with Crippen molar-refractivity contribution in [3.8, 4) is 0 Å². The Bertz CT molecular complexity index is 722. The summed E-state index contributed by atoms with van der Waals surface area (Å²) in [6.07, 6.45) is 1.88. The number of hydrogen-bond acceptors (Lipinski definition) is 3. The molecule has 0 radical (unpaired) electrons. The zero-order valence-electron chi connectivity index (χ0n) is 12.8. The fourth-order valence-electron chi connectivity index (χ4n) is 4.31. The van der Waals surface area contributed by atoms with Crippen LogP contribution in [0.25, 0.3) is 0 Å². The summed E-state index contributed by atoms with van der Waals surface area (Å²) in [7, 11) is -3.41. The van der Waals surface area contributed by atoms with Crippen molar-refractivity contribution in [1.29, 1.82) is 0 Å². The molecule has 2 heterocycles. The maximum absolute atomic E-state index is 12.7. The molecule has 2 fully saturated rings. The number of carboxylic acid groups (broad SMARTS) is 1. The molecule has 23 heavy (non-hydrogen) atoms. The Hall–Kier alpha value is -1.44. The lowest BCUT2D eigenvalue weighted by Gasteiger charge is -2.58. The molecule has 1 aromatic rings. The van der Waals surface area contributed by atoms with Gasteiger partial charge in [-0.3, -0.25) is 4.79 Å². The highest BCUT2D eigenvalue weighted by Crippen LogP contribution is 2.54. The summed E-state index contributed by atoms with van der Waals surface area (Å²) in [6, 6.07) is 7.82. The van der Waals surface area contributed by atoms with Crippen molar-refractivity contribution in [2.45, 2.75) is 32.4 Å². The van der Waals surface area contributed by atoms with E-state index < -0.39 is 16.2 Å². The van der Waals surface area contributed by atoms with Gasteiger partial charge in [-0.1, -0.05) is 24.3 Å². The summed E-state index contributed by atoms with van der Waals surface area (Å²) in [6.45, 7) is 1.98. The largest absolute Gasteiger partial charge is 0.481 e. The van der Waals surface area contributed by atoms with Crippen molar-refractivity contribution in [3.63, 3.8) is 0 Å². The van der Waals surface area contributed by atoms with Crippen LogP contribution in [0.5, 0.6) is 0 Å². The first-order chi connectivity index (χ1) is 10.9. The van der Waals surface area contributed by atoms with E-state index in [1.54, 1.807) is 4.31 Å². The quantitative estimate of drug-likeness (QED) is 0.902. The lowest BCUT2D eigenvalue weighted by atomic mass is 9.58. The maximum atomic E-state index is 12.7. The van der Waals surface area contributed by atoms with Crippen LogP contribution in [-0.4, -0.2) is 41.2 Å². The first-order valence-electron chi connectivity index (χ1n) is 7.92. The molecule has 1 aliphatic carbocycles. The molecule has 7 heteroatoms. The van der Waals surface area contributed by atoms with E-state index in [0.717, 1.165) is 24.0 Å². The van der Waals surface area contributed by atoms with Crippen molar-refractivity contribution in [2.75, 3.05) is 13.1 Å². The molecule has 1 saturated carbocycles. The highest BCUT2D eigenvalue weighted by atomic mass is 32.2. The third-order valence-corrected chi connectivity index (χ3v) is 7.22. The van der Waals surface area contributed by atoms with E-state index in [0.29, 0.717) is 26.2 Å². The zero-order valence-corrected chi connectivity index (χ0v) is 13.6. The van der Waals surface area contributed by atoms with Gasteiger partial charge in [0.1, 0.15) is 0 Å². The van der Waals surface area contributed by atoms with Crippen LogP contribution < -0.4 is 0 Å². The summed E-state index contributed by atoms with van der Waals surface area (Å²) in [5.74, 6) is -0.545. The summed E-state index contributed by atoms with van der Waals surface area (Å²) in [5, 5.41) is 8.81. The predicted octanol–water partition coefficient (Wildman–Crippen LogP) is 1.43. The molecule has 0 amide bonds. The van der Waals surface area contributed by atoms with Crippen LogP contribution in [0.15, 0.2) is 24.3 Å². The smallest absolute Gasteiger partial charge is 0.303 e. The van der Waals surface area contributed by atoms with Gasteiger partial charge in [-0.05, 0) is 35.3 Å². The van der Waals surface area contributed by atoms with Crippen molar-refractivity contribution < 1.29 is 18.3 Å². The van der Waals surface area contributed by atoms with Crippen molar-refractivity contribution >= 4 is 16.2 Å². The van der Waals surface area contributed by atoms with Gasteiger partial charge >= 0.3 is 5.97 Å². The first kappa shape index (κ1) is 15.1. The fourth-order valence-corrected chi connectivity index (χ4v) is 6.11. The van der Waals surface area contributed by atoms with Gasteiger partial charge in [0.05, 0.1) is 0 Å². The molecule has 1 saturated heterocycles. The standard InChI is InChI=1S/C16H20N2O4S/c19-15(20)5-12-6-16(7-12)10-18(11-16)23(21,22)17-8-13-3-1-2-4-14(13)9-17/h1-4,12H,5-11H2,(H,19,20). The van der Waals surface area contributed by atoms with Crippen molar-refractivity contribution in [3.05, 3.63) is 35.4 Å². The Labute approximate surface area is 135 Å². The lowest BCUT2D eigenvalue weighted by molar-refractivity contribution is -0.142. The minimum Gasteiger partial charge on any atom is -0.481 e. The number of aliphatic carboxylic acids is 1. The van der Waals surface area contributed by atoms with Gasteiger partial charge in [-0.2, -0.15) is 17.0 Å². The van der Waals surface area contributed by atoms with Gasteiger partial charge in [-0.25, -0.2) is 0 Å². The van der Waals surface area contributed by atoms with Gasteiger partial charge < -0.3 is 5.11 Å². The van der Waals surface area contributed by atoms with Crippen LogP contribution in [0.1, 0.15) is 30.4 Å². The van der Waals surface area contributed by atoms with E-state index in [4.69, 9.17) is 5.11 Å². The topological polar surface area (TPSA) is 77.9 Å². The summed E-state index contributed by atoms with van der Waals surface area (Å²) in [5.41, 5.74) is 2.20. The number of nitrogens with zero attached hydrogens (tertiary/aromatic N) is 2. The normalized spacial score (nSPS) is 24.2. The molecule has 0 unspecified atom stereocenters. The fraction of sp³-hybridized carbons (Fsp3) is 0.562. The van der Waals surface area contributed by atoms with Crippen molar-refractivity contribution in [1.82, 2.24) is 8.61 Å². The average molecular weight is 336 g/mol. The molecule has 0 atom stereocenters. The molecule has 6 nitrogen and oxygen atoms in total. The minimum absolute atomic E-state index is 0.0414. The Kier molecular flexibility index (Phi) is 3.30. The Balaban J connectivity index is 1.37. The second kappa shape index (κ2) is 5.03. The Morgan fingerprint density at radius 1 is 1.13 bits per heavy atom. The molecule has 2 aliphatic heterocycles. The molecule has 124 valence electrons. The van der Waals surface area contributed by atoms with Crippen LogP contribution >= 0.6 is 0 Å². The van der Waals surface area contributed by atoms with E-state index in [-0.39, 0.29) is 17.8 Å². The number of carboxylic acids is 1. The number of hydrogen-bond donors (Lipinski definition) is 1.